The van der Waals surface area contributed by atoms with Crippen LogP contribution in [0, 0.1) is 5.92 Å². The largest absolute Gasteiger partial charge is 0.314 e. The molecule has 2 rings (SSSR count). The van der Waals surface area contributed by atoms with E-state index in [0.717, 1.165) is 25.4 Å². The Morgan fingerprint density at radius 1 is 1.11 bits per heavy atom. The Bertz CT molecular complexity index is 363. The van der Waals surface area contributed by atoms with E-state index < -0.39 is 0 Å². The maximum atomic E-state index is 3.45. The molecule has 1 aromatic rings. The van der Waals surface area contributed by atoms with Crippen molar-refractivity contribution in [2.45, 2.75) is 39.7 Å². The number of nitrogens with one attached hydrogen (secondary N) is 1. The van der Waals surface area contributed by atoms with E-state index in [9.17, 15) is 0 Å². The van der Waals surface area contributed by atoms with Crippen LogP contribution < -0.4 is 5.32 Å². The van der Waals surface area contributed by atoms with Crippen LogP contribution in [0.5, 0.6) is 0 Å². The Balaban J connectivity index is 2.14. The van der Waals surface area contributed by atoms with Gasteiger partial charge in [-0.3, -0.25) is 4.90 Å². The lowest BCUT2D eigenvalue weighted by Gasteiger charge is -2.36. The minimum absolute atomic E-state index is 0.591. The summed E-state index contributed by atoms with van der Waals surface area (Å²) in [4.78, 5) is 2.65. The van der Waals surface area contributed by atoms with Gasteiger partial charge in [-0.2, -0.15) is 0 Å². The van der Waals surface area contributed by atoms with E-state index in [0.29, 0.717) is 6.04 Å². The van der Waals surface area contributed by atoms with Crippen LogP contribution in [-0.2, 0) is 6.42 Å². The van der Waals surface area contributed by atoms with E-state index in [-0.39, 0.29) is 0 Å². The lowest BCUT2D eigenvalue weighted by molar-refractivity contribution is 0.154. The van der Waals surface area contributed by atoms with Crippen LogP contribution in [0.4, 0.5) is 0 Å². The van der Waals surface area contributed by atoms with Crippen molar-refractivity contribution in [1.82, 2.24) is 10.2 Å². The number of hydrogen-bond donors (Lipinski definition) is 1. The second-order valence-electron chi connectivity index (χ2n) is 6.03. The summed E-state index contributed by atoms with van der Waals surface area (Å²) >= 11 is 0. The van der Waals surface area contributed by atoms with Gasteiger partial charge in [-0.25, -0.2) is 0 Å². The molecule has 1 aliphatic rings. The third-order valence-electron chi connectivity index (χ3n) is 4.06. The Morgan fingerprint density at radius 3 is 2.26 bits per heavy atom. The van der Waals surface area contributed by atoms with Crippen LogP contribution >= 0.6 is 0 Å². The predicted octanol–water partition coefficient (Wildman–Crippen LogP) is 3.24. The van der Waals surface area contributed by atoms with Crippen LogP contribution in [0.1, 0.15) is 44.4 Å². The van der Waals surface area contributed by atoms with Crippen molar-refractivity contribution in [2.24, 2.45) is 5.92 Å². The maximum absolute atomic E-state index is 3.45. The van der Waals surface area contributed by atoms with Crippen LogP contribution in [0.2, 0.25) is 0 Å². The molecule has 0 saturated carbocycles. The molecule has 0 aromatic heterocycles. The zero-order chi connectivity index (χ0) is 13.7. The van der Waals surface area contributed by atoms with Crippen LogP contribution in [0.3, 0.4) is 0 Å². The Hall–Kier alpha value is -0.860. The van der Waals surface area contributed by atoms with Gasteiger partial charge in [0.05, 0.1) is 0 Å². The molecule has 0 bridgehead atoms. The molecule has 2 nitrogen and oxygen atoms in total. The summed E-state index contributed by atoms with van der Waals surface area (Å²) in [6.45, 7) is 11.5. The van der Waals surface area contributed by atoms with Gasteiger partial charge in [-0.15, -0.1) is 0 Å². The van der Waals surface area contributed by atoms with Crippen molar-refractivity contribution < 1.29 is 0 Å². The van der Waals surface area contributed by atoms with E-state index in [1.807, 2.05) is 0 Å². The molecule has 2 heteroatoms. The lowest BCUT2D eigenvalue weighted by atomic mass is 9.94. The van der Waals surface area contributed by atoms with Gasteiger partial charge >= 0.3 is 0 Å². The molecule has 1 atom stereocenters. The van der Waals surface area contributed by atoms with Crippen molar-refractivity contribution in [2.75, 3.05) is 26.2 Å². The van der Waals surface area contributed by atoms with E-state index in [1.165, 1.54) is 30.6 Å². The highest BCUT2D eigenvalue weighted by Gasteiger charge is 2.22. The summed E-state index contributed by atoms with van der Waals surface area (Å²) in [5.41, 5.74) is 2.93. The quantitative estimate of drug-likeness (QED) is 0.874. The highest BCUT2D eigenvalue weighted by atomic mass is 15.2. The van der Waals surface area contributed by atoms with Crippen molar-refractivity contribution in [3.05, 3.63) is 35.4 Å². The molecule has 0 unspecified atom stereocenters. The highest BCUT2D eigenvalue weighted by molar-refractivity contribution is 5.25. The fourth-order valence-corrected chi connectivity index (χ4v) is 2.91. The molecule has 1 heterocycles. The van der Waals surface area contributed by atoms with Crippen molar-refractivity contribution in [3.63, 3.8) is 0 Å². The fourth-order valence-electron chi connectivity index (χ4n) is 2.91. The van der Waals surface area contributed by atoms with E-state index in [1.54, 1.807) is 0 Å². The molecule has 1 aliphatic heterocycles. The molecule has 1 saturated heterocycles. The summed E-state index contributed by atoms with van der Waals surface area (Å²) in [7, 11) is 0. The normalized spacial score (nSPS) is 18.7. The summed E-state index contributed by atoms with van der Waals surface area (Å²) in [6, 6.07) is 9.87. The van der Waals surface area contributed by atoms with Gasteiger partial charge in [-0.1, -0.05) is 45.0 Å². The first kappa shape index (κ1) is 14.5. The van der Waals surface area contributed by atoms with Gasteiger partial charge < -0.3 is 5.32 Å². The van der Waals surface area contributed by atoms with Crippen molar-refractivity contribution in [1.29, 1.82) is 0 Å². The molecule has 1 aromatic carbocycles. The number of aryl methyl sites for hydroxylation is 1. The van der Waals surface area contributed by atoms with E-state index in [2.05, 4.69) is 55.3 Å². The number of hydrogen-bond acceptors (Lipinski definition) is 2. The van der Waals surface area contributed by atoms with Crippen molar-refractivity contribution in [3.8, 4) is 0 Å². The second-order valence-corrected chi connectivity index (χ2v) is 6.03. The first-order valence-electron chi connectivity index (χ1n) is 7.74. The molecule has 19 heavy (non-hydrogen) atoms. The van der Waals surface area contributed by atoms with Crippen LogP contribution in [-0.4, -0.2) is 31.1 Å². The molecular formula is C17H28N2. The van der Waals surface area contributed by atoms with E-state index in [4.69, 9.17) is 0 Å². The number of benzene rings is 1. The van der Waals surface area contributed by atoms with Gasteiger partial charge in [0.2, 0.25) is 0 Å². The number of piperazine rings is 1. The SMILES string of the molecule is CCc1ccc([C@H](CC(C)C)N2CCNCC2)cc1. The molecule has 1 N–H and O–H groups in total. The van der Waals surface area contributed by atoms with Gasteiger partial charge in [0.25, 0.3) is 0 Å². The zero-order valence-electron chi connectivity index (χ0n) is 12.7. The molecular weight excluding hydrogens is 232 g/mol. The smallest absolute Gasteiger partial charge is 0.0351 e. The van der Waals surface area contributed by atoms with Gasteiger partial charge in [0, 0.05) is 32.2 Å². The minimum Gasteiger partial charge on any atom is -0.314 e. The first-order chi connectivity index (χ1) is 9.20. The molecule has 0 aliphatic carbocycles. The molecule has 0 amide bonds. The third-order valence-corrected chi connectivity index (χ3v) is 4.06. The monoisotopic (exact) mass is 260 g/mol. The zero-order valence-corrected chi connectivity index (χ0v) is 12.7. The van der Waals surface area contributed by atoms with Crippen molar-refractivity contribution >= 4 is 0 Å². The summed E-state index contributed by atoms with van der Waals surface area (Å²) in [6.07, 6.45) is 2.38. The van der Waals surface area contributed by atoms with Gasteiger partial charge in [0.1, 0.15) is 0 Å². The molecule has 1 fully saturated rings. The van der Waals surface area contributed by atoms with Crippen LogP contribution in [0.15, 0.2) is 24.3 Å². The summed E-state index contributed by atoms with van der Waals surface area (Å²) in [5, 5.41) is 3.45. The Kier molecular flexibility index (Phi) is 5.41. The molecule has 106 valence electrons. The third kappa shape index (κ3) is 4.05. The summed E-state index contributed by atoms with van der Waals surface area (Å²) < 4.78 is 0. The minimum atomic E-state index is 0.591. The van der Waals surface area contributed by atoms with Crippen LogP contribution in [0.25, 0.3) is 0 Å². The topological polar surface area (TPSA) is 15.3 Å². The first-order valence-corrected chi connectivity index (χ1v) is 7.74. The highest BCUT2D eigenvalue weighted by Crippen LogP contribution is 2.28. The fraction of sp³-hybridized carbons (Fsp3) is 0.647. The average Bonchev–Trinajstić information content (AvgIpc) is 2.46. The van der Waals surface area contributed by atoms with Gasteiger partial charge in [-0.05, 0) is 29.9 Å². The lowest BCUT2D eigenvalue weighted by Crippen LogP contribution is -2.45. The second kappa shape index (κ2) is 7.06. The average molecular weight is 260 g/mol. The van der Waals surface area contributed by atoms with Gasteiger partial charge in [0.15, 0.2) is 0 Å². The number of nitrogens with zero attached hydrogens (tertiary/aromatic N) is 1. The standard InChI is InChI=1S/C17H28N2/c1-4-15-5-7-16(8-6-15)17(13-14(2)3)19-11-9-18-10-12-19/h5-8,14,17-18H,4,9-13H2,1-3H3/t17-/m0/s1. The molecule has 0 spiro atoms. The van der Waals surface area contributed by atoms with E-state index >= 15 is 0 Å². The Morgan fingerprint density at radius 2 is 1.74 bits per heavy atom. The number of rotatable bonds is 5. The predicted molar refractivity (Wildman–Crippen MR) is 82.5 cm³/mol. The molecule has 0 radical (unpaired) electrons. The maximum Gasteiger partial charge on any atom is 0.0351 e. The Labute approximate surface area is 118 Å². The summed E-state index contributed by atoms with van der Waals surface area (Å²) in [5.74, 6) is 0.741.